The van der Waals surface area contributed by atoms with Crippen molar-refractivity contribution in [2.45, 2.75) is 6.92 Å². The molecule has 0 aliphatic heterocycles. The Morgan fingerprint density at radius 3 is 2.39 bits per heavy atom. The number of benzene rings is 2. The monoisotopic (exact) mass is 387 g/mol. The number of pyridine rings is 1. The molecule has 0 bridgehead atoms. The van der Waals surface area contributed by atoms with Gasteiger partial charge in [-0.25, -0.2) is 9.78 Å². The zero-order valence-corrected chi connectivity index (χ0v) is 16.0. The smallest absolute Gasteiger partial charge is 0.341 e. The van der Waals surface area contributed by atoms with E-state index in [1.54, 1.807) is 13.0 Å². The molecule has 0 saturated heterocycles. The maximum absolute atomic E-state index is 13.4. The molecular formula is C23H17NO3S. The van der Waals surface area contributed by atoms with Crippen LogP contribution in [0.3, 0.4) is 0 Å². The molecule has 0 amide bonds. The molecule has 0 atom stereocenters. The number of ketones is 1. The van der Waals surface area contributed by atoms with Crippen molar-refractivity contribution in [2.75, 3.05) is 6.61 Å². The Labute approximate surface area is 166 Å². The molecule has 4 rings (SSSR count). The number of hydrogen-bond donors (Lipinski definition) is 0. The SMILES string of the molecule is CCOC(=O)c1c(-c2ccccc2)nc2ccccc2c1C(=O)c1cccs1. The molecule has 0 aliphatic rings. The summed E-state index contributed by atoms with van der Waals surface area (Å²) < 4.78 is 5.32. The van der Waals surface area contributed by atoms with E-state index in [0.717, 1.165) is 5.56 Å². The summed E-state index contributed by atoms with van der Waals surface area (Å²) in [5, 5.41) is 2.49. The van der Waals surface area contributed by atoms with E-state index < -0.39 is 5.97 Å². The van der Waals surface area contributed by atoms with Gasteiger partial charge in [-0.05, 0) is 24.4 Å². The first kappa shape index (κ1) is 18.1. The van der Waals surface area contributed by atoms with Gasteiger partial charge in [0.2, 0.25) is 5.78 Å². The molecule has 0 radical (unpaired) electrons. The van der Waals surface area contributed by atoms with E-state index in [4.69, 9.17) is 9.72 Å². The Bertz CT molecular complexity index is 1150. The standard InChI is InChI=1S/C23H17NO3S/c1-2-27-23(26)20-19(22(25)18-13-8-14-28-18)16-11-6-7-12-17(16)24-21(20)15-9-4-3-5-10-15/h3-14H,2H2,1H3. The van der Waals surface area contributed by atoms with Gasteiger partial charge in [0, 0.05) is 16.5 Å². The first-order chi connectivity index (χ1) is 13.7. The summed E-state index contributed by atoms with van der Waals surface area (Å²) in [6.07, 6.45) is 0. The molecule has 2 aromatic heterocycles. The Balaban J connectivity index is 2.10. The van der Waals surface area contributed by atoms with E-state index in [1.807, 2.05) is 66.0 Å². The zero-order chi connectivity index (χ0) is 19.5. The quantitative estimate of drug-likeness (QED) is 0.341. The van der Waals surface area contributed by atoms with E-state index in [0.29, 0.717) is 27.0 Å². The molecule has 4 aromatic rings. The summed E-state index contributed by atoms with van der Waals surface area (Å²) in [5.74, 6) is -0.742. The number of carbonyl (C=O) groups is 2. The summed E-state index contributed by atoms with van der Waals surface area (Å²) in [7, 11) is 0. The van der Waals surface area contributed by atoms with E-state index in [-0.39, 0.29) is 18.0 Å². The number of hydrogen-bond acceptors (Lipinski definition) is 5. The zero-order valence-electron chi connectivity index (χ0n) is 15.2. The van der Waals surface area contributed by atoms with Crippen molar-refractivity contribution < 1.29 is 14.3 Å². The maximum Gasteiger partial charge on any atom is 0.341 e. The summed E-state index contributed by atoms with van der Waals surface area (Å²) in [4.78, 5) is 31.7. The van der Waals surface area contributed by atoms with Crippen LogP contribution in [0.4, 0.5) is 0 Å². The van der Waals surface area contributed by atoms with Crippen molar-refractivity contribution in [3.05, 3.63) is 88.1 Å². The van der Waals surface area contributed by atoms with E-state index >= 15 is 0 Å². The van der Waals surface area contributed by atoms with Gasteiger partial charge in [0.05, 0.1) is 28.3 Å². The molecule has 4 nitrogen and oxygen atoms in total. The second kappa shape index (κ2) is 7.74. The lowest BCUT2D eigenvalue weighted by Gasteiger charge is -2.15. The third-order valence-corrected chi connectivity index (χ3v) is 5.26. The van der Waals surface area contributed by atoms with Crippen molar-refractivity contribution in [3.8, 4) is 11.3 Å². The Morgan fingerprint density at radius 2 is 1.68 bits per heavy atom. The van der Waals surface area contributed by atoms with Crippen molar-refractivity contribution in [1.29, 1.82) is 0 Å². The molecule has 0 N–H and O–H groups in total. The van der Waals surface area contributed by atoms with Crippen LogP contribution in [0, 0.1) is 0 Å². The van der Waals surface area contributed by atoms with Crippen LogP contribution in [-0.4, -0.2) is 23.3 Å². The first-order valence-corrected chi connectivity index (χ1v) is 9.82. The molecule has 5 heteroatoms. The minimum atomic E-state index is -0.542. The fourth-order valence-electron chi connectivity index (χ4n) is 3.19. The number of rotatable bonds is 5. The number of para-hydroxylation sites is 1. The topological polar surface area (TPSA) is 56.3 Å². The van der Waals surface area contributed by atoms with Crippen LogP contribution in [0.5, 0.6) is 0 Å². The highest BCUT2D eigenvalue weighted by Gasteiger charge is 2.28. The van der Waals surface area contributed by atoms with Crippen LogP contribution in [-0.2, 0) is 4.74 Å². The van der Waals surface area contributed by atoms with Gasteiger partial charge in [-0.2, -0.15) is 0 Å². The molecule has 0 fully saturated rings. The molecule has 28 heavy (non-hydrogen) atoms. The average Bonchev–Trinajstić information content (AvgIpc) is 3.27. The van der Waals surface area contributed by atoms with Crippen LogP contribution in [0.2, 0.25) is 0 Å². The van der Waals surface area contributed by atoms with E-state index in [9.17, 15) is 9.59 Å². The van der Waals surface area contributed by atoms with Crippen LogP contribution < -0.4 is 0 Å². The van der Waals surface area contributed by atoms with Gasteiger partial charge in [0.25, 0.3) is 0 Å². The Morgan fingerprint density at radius 1 is 0.929 bits per heavy atom. The number of carbonyl (C=O) groups excluding carboxylic acids is 2. The molecular weight excluding hydrogens is 370 g/mol. The minimum Gasteiger partial charge on any atom is -0.462 e. The van der Waals surface area contributed by atoms with Gasteiger partial charge < -0.3 is 4.74 Å². The number of ether oxygens (including phenoxy) is 1. The Hall–Kier alpha value is -3.31. The van der Waals surface area contributed by atoms with Gasteiger partial charge in [-0.15, -0.1) is 11.3 Å². The highest BCUT2D eigenvalue weighted by Crippen LogP contribution is 2.33. The van der Waals surface area contributed by atoms with Gasteiger partial charge in [-0.3, -0.25) is 4.79 Å². The normalized spacial score (nSPS) is 10.8. The average molecular weight is 387 g/mol. The third kappa shape index (κ3) is 3.21. The van der Waals surface area contributed by atoms with Crippen LogP contribution in [0.15, 0.2) is 72.1 Å². The summed E-state index contributed by atoms with van der Waals surface area (Å²) >= 11 is 1.35. The molecule has 0 spiro atoms. The fourth-order valence-corrected chi connectivity index (χ4v) is 3.86. The number of aromatic nitrogens is 1. The third-order valence-electron chi connectivity index (χ3n) is 4.39. The van der Waals surface area contributed by atoms with Gasteiger partial charge in [0.15, 0.2) is 0 Å². The largest absolute Gasteiger partial charge is 0.462 e. The number of fused-ring (bicyclic) bond motifs is 1. The summed E-state index contributed by atoms with van der Waals surface area (Å²) in [6, 6.07) is 20.4. The second-order valence-corrected chi connectivity index (χ2v) is 7.07. The predicted molar refractivity (Wildman–Crippen MR) is 111 cm³/mol. The van der Waals surface area contributed by atoms with E-state index in [2.05, 4.69) is 0 Å². The van der Waals surface area contributed by atoms with Crippen molar-refractivity contribution in [3.63, 3.8) is 0 Å². The van der Waals surface area contributed by atoms with Crippen molar-refractivity contribution in [2.24, 2.45) is 0 Å². The molecule has 138 valence electrons. The first-order valence-electron chi connectivity index (χ1n) is 8.94. The van der Waals surface area contributed by atoms with E-state index in [1.165, 1.54) is 11.3 Å². The number of nitrogens with zero attached hydrogens (tertiary/aromatic N) is 1. The van der Waals surface area contributed by atoms with Crippen LogP contribution >= 0.6 is 11.3 Å². The Kier molecular flexibility index (Phi) is 5.00. The molecule has 2 aromatic carbocycles. The van der Waals surface area contributed by atoms with Gasteiger partial charge >= 0.3 is 5.97 Å². The summed E-state index contributed by atoms with van der Waals surface area (Å²) in [6.45, 7) is 1.96. The molecule has 0 aliphatic carbocycles. The van der Waals surface area contributed by atoms with Crippen molar-refractivity contribution in [1.82, 2.24) is 4.98 Å². The maximum atomic E-state index is 13.4. The highest BCUT2D eigenvalue weighted by molar-refractivity contribution is 7.12. The predicted octanol–water partition coefficient (Wildman–Crippen LogP) is 5.37. The highest BCUT2D eigenvalue weighted by atomic mass is 32.1. The molecule has 0 unspecified atom stereocenters. The lowest BCUT2D eigenvalue weighted by molar-refractivity contribution is 0.0524. The fraction of sp³-hybridized carbons (Fsp3) is 0.0870. The van der Waals surface area contributed by atoms with Gasteiger partial charge in [0.1, 0.15) is 0 Å². The second-order valence-electron chi connectivity index (χ2n) is 6.12. The number of thiophene rings is 1. The number of esters is 1. The summed E-state index contributed by atoms with van der Waals surface area (Å²) in [5.41, 5.74) is 2.43. The molecule has 2 heterocycles. The minimum absolute atomic E-state index is 0.200. The lowest BCUT2D eigenvalue weighted by atomic mass is 9.93. The van der Waals surface area contributed by atoms with Crippen LogP contribution in [0.1, 0.15) is 32.5 Å². The molecule has 0 saturated carbocycles. The van der Waals surface area contributed by atoms with Gasteiger partial charge in [-0.1, -0.05) is 54.6 Å². The van der Waals surface area contributed by atoms with Crippen molar-refractivity contribution >= 4 is 34.0 Å². The lowest BCUT2D eigenvalue weighted by Crippen LogP contribution is -2.16. The van der Waals surface area contributed by atoms with Crippen LogP contribution in [0.25, 0.3) is 22.2 Å².